The second-order valence-electron chi connectivity index (χ2n) is 5.73. The summed E-state index contributed by atoms with van der Waals surface area (Å²) in [6, 6.07) is 10.3. The molecule has 0 saturated carbocycles. The molecule has 3 nitrogen and oxygen atoms in total. The third kappa shape index (κ3) is 3.04. The Kier molecular flexibility index (Phi) is 5.18. The predicted octanol–water partition coefficient (Wildman–Crippen LogP) is 3.33. The summed E-state index contributed by atoms with van der Waals surface area (Å²) in [5, 5.41) is 3.54. The highest BCUT2D eigenvalue weighted by Gasteiger charge is 2.41. The third-order valence-corrected chi connectivity index (χ3v) is 4.28. The Labute approximate surface area is 122 Å². The van der Waals surface area contributed by atoms with Gasteiger partial charge >= 0.3 is 0 Å². The van der Waals surface area contributed by atoms with Gasteiger partial charge in [-0.15, -0.1) is 0 Å². The Morgan fingerprint density at radius 3 is 2.55 bits per heavy atom. The molecule has 3 heteroatoms. The van der Waals surface area contributed by atoms with Gasteiger partial charge in [0.1, 0.15) is 6.17 Å². The number of hydrogen-bond donors (Lipinski definition) is 1. The quantitative estimate of drug-likeness (QED) is 0.863. The van der Waals surface area contributed by atoms with E-state index in [9.17, 15) is 4.79 Å². The fourth-order valence-electron chi connectivity index (χ4n) is 2.76. The largest absolute Gasteiger partial charge is 0.322 e. The molecule has 20 heavy (non-hydrogen) atoms. The minimum atomic E-state index is -0.0398. The van der Waals surface area contributed by atoms with Gasteiger partial charge in [0.2, 0.25) is 5.91 Å². The molecule has 110 valence electrons. The molecule has 1 aromatic carbocycles. The summed E-state index contributed by atoms with van der Waals surface area (Å²) >= 11 is 0. The van der Waals surface area contributed by atoms with Crippen molar-refractivity contribution in [3.05, 3.63) is 35.9 Å². The first-order valence-electron chi connectivity index (χ1n) is 7.80. The zero-order valence-corrected chi connectivity index (χ0v) is 12.8. The van der Waals surface area contributed by atoms with Gasteiger partial charge in [0.15, 0.2) is 0 Å². The summed E-state index contributed by atoms with van der Waals surface area (Å²) < 4.78 is 0. The van der Waals surface area contributed by atoms with Crippen LogP contribution in [-0.2, 0) is 4.79 Å². The normalized spacial score (nSPS) is 24.1. The average Bonchev–Trinajstić information content (AvgIpc) is 2.82. The molecular weight excluding hydrogens is 248 g/mol. The summed E-state index contributed by atoms with van der Waals surface area (Å²) in [6.07, 6.45) is 3.23. The van der Waals surface area contributed by atoms with Crippen LogP contribution in [0.3, 0.4) is 0 Å². The van der Waals surface area contributed by atoms with Gasteiger partial charge in [-0.3, -0.25) is 10.1 Å². The SMILES string of the molecule is CCCCN1C(=O)C(C(C)CC)NC1c1ccccc1. The first kappa shape index (κ1) is 15.0. The standard InChI is InChI=1S/C17H26N2O/c1-4-6-12-19-16(14-10-8-7-9-11-14)18-15(17(19)20)13(3)5-2/h7-11,13,15-16,18H,4-6,12H2,1-3H3. The number of rotatable bonds is 6. The topological polar surface area (TPSA) is 32.3 Å². The van der Waals surface area contributed by atoms with Crippen LogP contribution in [0.1, 0.15) is 51.8 Å². The van der Waals surface area contributed by atoms with Gasteiger partial charge in [-0.2, -0.15) is 0 Å². The predicted molar refractivity (Wildman–Crippen MR) is 82.2 cm³/mol. The second-order valence-corrected chi connectivity index (χ2v) is 5.73. The van der Waals surface area contributed by atoms with Crippen LogP contribution in [0.2, 0.25) is 0 Å². The highest BCUT2D eigenvalue weighted by Crippen LogP contribution is 2.29. The van der Waals surface area contributed by atoms with Crippen LogP contribution in [0.15, 0.2) is 30.3 Å². The molecule has 0 spiro atoms. The lowest BCUT2D eigenvalue weighted by molar-refractivity contribution is -0.131. The van der Waals surface area contributed by atoms with Gasteiger partial charge in [-0.05, 0) is 17.9 Å². The molecule has 0 bridgehead atoms. The van der Waals surface area contributed by atoms with Crippen molar-refractivity contribution in [2.75, 3.05) is 6.54 Å². The number of nitrogens with zero attached hydrogens (tertiary/aromatic N) is 1. The summed E-state index contributed by atoms with van der Waals surface area (Å²) in [5.41, 5.74) is 1.18. The molecule has 1 aliphatic rings. The highest BCUT2D eigenvalue weighted by atomic mass is 16.2. The summed E-state index contributed by atoms with van der Waals surface area (Å²) in [7, 11) is 0. The molecular formula is C17H26N2O. The molecule has 0 radical (unpaired) electrons. The van der Waals surface area contributed by atoms with Crippen molar-refractivity contribution in [3.8, 4) is 0 Å². The number of amides is 1. The van der Waals surface area contributed by atoms with Crippen LogP contribution in [0.5, 0.6) is 0 Å². The summed E-state index contributed by atoms with van der Waals surface area (Å²) in [4.78, 5) is 14.7. The first-order chi connectivity index (χ1) is 9.69. The molecule has 1 fully saturated rings. The number of benzene rings is 1. The zero-order chi connectivity index (χ0) is 14.5. The molecule has 3 unspecified atom stereocenters. The lowest BCUT2D eigenvalue weighted by Gasteiger charge is -2.24. The summed E-state index contributed by atoms with van der Waals surface area (Å²) in [5.74, 6) is 0.641. The zero-order valence-electron chi connectivity index (χ0n) is 12.8. The molecule has 1 aromatic rings. The van der Waals surface area contributed by atoms with E-state index in [4.69, 9.17) is 0 Å². The minimum Gasteiger partial charge on any atom is -0.322 e. The van der Waals surface area contributed by atoms with E-state index in [-0.39, 0.29) is 18.1 Å². The summed E-state index contributed by atoms with van der Waals surface area (Å²) in [6.45, 7) is 7.30. The lowest BCUT2D eigenvalue weighted by Crippen LogP contribution is -2.35. The van der Waals surface area contributed by atoms with E-state index in [1.54, 1.807) is 0 Å². The molecule has 2 rings (SSSR count). The molecule has 1 amide bonds. The molecule has 3 atom stereocenters. The number of nitrogens with one attached hydrogen (secondary N) is 1. The van der Waals surface area contributed by atoms with E-state index < -0.39 is 0 Å². The number of unbranched alkanes of at least 4 members (excludes halogenated alkanes) is 1. The van der Waals surface area contributed by atoms with Crippen LogP contribution < -0.4 is 5.32 Å². The van der Waals surface area contributed by atoms with Gasteiger partial charge in [0, 0.05) is 6.54 Å². The lowest BCUT2D eigenvalue weighted by atomic mass is 9.99. The number of hydrogen-bond acceptors (Lipinski definition) is 2. The van der Waals surface area contributed by atoms with Crippen LogP contribution in [-0.4, -0.2) is 23.4 Å². The van der Waals surface area contributed by atoms with E-state index in [2.05, 4.69) is 38.2 Å². The average molecular weight is 274 g/mol. The maximum atomic E-state index is 12.7. The number of carbonyl (C=O) groups is 1. The molecule has 0 aliphatic carbocycles. The van der Waals surface area contributed by atoms with Crippen molar-refractivity contribution in [1.29, 1.82) is 0 Å². The van der Waals surface area contributed by atoms with Crippen LogP contribution in [0, 0.1) is 5.92 Å². The van der Waals surface area contributed by atoms with Gasteiger partial charge < -0.3 is 4.90 Å². The van der Waals surface area contributed by atoms with Crippen LogP contribution >= 0.6 is 0 Å². The van der Waals surface area contributed by atoms with Gasteiger partial charge in [-0.25, -0.2) is 0 Å². The van der Waals surface area contributed by atoms with E-state index in [0.717, 1.165) is 25.8 Å². The Morgan fingerprint density at radius 2 is 1.95 bits per heavy atom. The monoisotopic (exact) mass is 274 g/mol. The van der Waals surface area contributed by atoms with E-state index in [1.165, 1.54) is 5.56 Å². The van der Waals surface area contributed by atoms with E-state index in [0.29, 0.717) is 5.92 Å². The van der Waals surface area contributed by atoms with Crippen molar-refractivity contribution in [2.24, 2.45) is 5.92 Å². The first-order valence-corrected chi connectivity index (χ1v) is 7.80. The Morgan fingerprint density at radius 1 is 1.25 bits per heavy atom. The molecule has 1 aliphatic heterocycles. The van der Waals surface area contributed by atoms with Crippen molar-refractivity contribution >= 4 is 5.91 Å². The second kappa shape index (κ2) is 6.89. The highest BCUT2D eigenvalue weighted by molar-refractivity contribution is 5.84. The van der Waals surface area contributed by atoms with Gasteiger partial charge in [-0.1, -0.05) is 63.9 Å². The van der Waals surface area contributed by atoms with E-state index >= 15 is 0 Å². The fraction of sp³-hybridized carbons (Fsp3) is 0.588. The van der Waals surface area contributed by atoms with Crippen LogP contribution in [0.25, 0.3) is 0 Å². The Bertz CT molecular complexity index is 432. The van der Waals surface area contributed by atoms with E-state index in [1.807, 2.05) is 23.1 Å². The van der Waals surface area contributed by atoms with Gasteiger partial charge in [0.25, 0.3) is 0 Å². The Hall–Kier alpha value is -1.35. The molecule has 1 N–H and O–H groups in total. The fourth-order valence-corrected chi connectivity index (χ4v) is 2.76. The molecule has 1 saturated heterocycles. The van der Waals surface area contributed by atoms with Crippen molar-refractivity contribution < 1.29 is 4.79 Å². The van der Waals surface area contributed by atoms with Crippen molar-refractivity contribution in [3.63, 3.8) is 0 Å². The minimum absolute atomic E-state index is 0.0363. The maximum absolute atomic E-state index is 12.7. The maximum Gasteiger partial charge on any atom is 0.241 e. The van der Waals surface area contributed by atoms with Crippen molar-refractivity contribution in [2.45, 2.75) is 52.2 Å². The molecule has 1 heterocycles. The van der Waals surface area contributed by atoms with Crippen LogP contribution in [0.4, 0.5) is 0 Å². The van der Waals surface area contributed by atoms with Crippen molar-refractivity contribution in [1.82, 2.24) is 10.2 Å². The smallest absolute Gasteiger partial charge is 0.241 e. The Balaban J connectivity index is 2.21. The molecule has 0 aromatic heterocycles. The third-order valence-electron chi connectivity index (χ3n) is 4.28. The number of carbonyl (C=O) groups excluding carboxylic acids is 1. The van der Waals surface area contributed by atoms with Gasteiger partial charge in [0.05, 0.1) is 6.04 Å².